The lowest BCUT2D eigenvalue weighted by atomic mass is 9.99. The van der Waals surface area contributed by atoms with Gasteiger partial charge in [0.25, 0.3) is 0 Å². The molecule has 0 spiro atoms. The molecular formula is C49H91NO8. The number of hydrogen-bond acceptors (Lipinski definition) is 8. The molecule has 9 heteroatoms. The number of carbonyl (C=O) groups excluding carboxylic acids is 1. The van der Waals surface area contributed by atoms with Crippen LogP contribution in [0.3, 0.4) is 0 Å². The first-order valence-corrected chi connectivity index (χ1v) is 24.2. The number of nitrogens with one attached hydrogen (secondary N) is 1. The molecule has 1 fully saturated rings. The van der Waals surface area contributed by atoms with E-state index in [1.54, 1.807) is 6.08 Å². The molecule has 1 aliphatic heterocycles. The fourth-order valence-corrected chi connectivity index (χ4v) is 7.56. The molecular weight excluding hydrogens is 731 g/mol. The molecule has 1 heterocycles. The smallest absolute Gasteiger partial charge is 0.220 e. The Morgan fingerprint density at radius 1 is 0.586 bits per heavy atom. The highest BCUT2D eigenvalue weighted by Gasteiger charge is 2.44. The van der Waals surface area contributed by atoms with Gasteiger partial charge in [-0.2, -0.15) is 0 Å². The molecule has 0 aromatic carbocycles. The monoisotopic (exact) mass is 822 g/mol. The summed E-state index contributed by atoms with van der Waals surface area (Å²) in [5.74, 6) is -0.243. The van der Waals surface area contributed by atoms with E-state index in [0.29, 0.717) is 6.42 Å². The number of unbranched alkanes of at least 4 members (excludes halogenated alkanes) is 26. The normalized spacial score (nSPS) is 21.1. The van der Waals surface area contributed by atoms with Gasteiger partial charge in [-0.05, 0) is 38.5 Å². The third kappa shape index (κ3) is 29.6. The van der Waals surface area contributed by atoms with Crippen molar-refractivity contribution in [1.29, 1.82) is 0 Å². The number of ether oxygens (including phenoxy) is 2. The first-order valence-electron chi connectivity index (χ1n) is 24.2. The fourth-order valence-electron chi connectivity index (χ4n) is 7.56. The molecule has 58 heavy (non-hydrogen) atoms. The van der Waals surface area contributed by atoms with Gasteiger partial charge in [0, 0.05) is 6.42 Å². The van der Waals surface area contributed by atoms with E-state index >= 15 is 0 Å². The van der Waals surface area contributed by atoms with Crippen molar-refractivity contribution in [2.75, 3.05) is 13.2 Å². The molecule has 1 saturated heterocycles. The van der Waals surface area contributed by atoms with Crippen molar-refractivity contribution >= 4 is 5.91 Å². The van der Waals surface area contributed by atoms with Crippen LogP contribution in [-0.4, -0.2) is 87.5 Å². The van der Waals surface area contributed by atoms with Crippen molar-refractivity contribution < 1.29 is 39.8 Å². The average molecular weight is 822 g/mol. The zero-order chi connectivity index (χ0) is 42.3. The van der Waals surface area contributed by atoms with E-state index in [9.17, 15) is 30.3 Å². The Kier molecular flexibility index (Phi) is 37.1. The Labute approximate surface area is 355 Å². The second-order valence-corrected chi connectivity index (χ2v) is 16.9. The average Bonchev–Trinajstić information content (AvgIpc) is 3.22. The van der Waals surface area contributed by atoms with Gasteiger partial charge in [0.1, 0.15) is 24.4 Å². The number of amides is 1. The van der Waals surface area contributed by atoms with Crippen LogP contribution in [0.5, 0.6) is 0 Å². The molecule has 6 N–H and O–H groups in total. The quantitative estimate of drug-likeness (QED) is 0.0264. The maximum absolute atomic E-state index is 12.9. The maximum Gasteiger partial charge on any atom is 0.220 e. The minimum atomic E-state index is -1.57. The summed E-state index contributed by atoms with van der Waals surface area (Å²) >= 11 is 0. The molecule has 0 aromatic rings. The molecule has 9 nitrogen and oxygen atoms in total. The lowest BCUT2D eigenvalue weighted by Gasteiger charge is -2.40. The third-order valence-electron chi connectivity index (χ3n) is 11.5. The van der Waals surface area contributed by atoms with E-state index in [1.165, 1.54) is 154 Å². The van der Waals surface area contributed by atoms with Gasteiger partial charge < -0.3 is 40.3 Å². The van der Waals surface area contributed by atoms with Crippen LogP contribution < -0.4 is 5.32 Å². The fraction of sp³-hybridized carbons (Fsp3) is 0.857. The van der Waals surface area contributed by atoms with Crippen molar-refractivity contribution in [3.8, 4) is 0 Å². The van der Waals surface area contributed by atoms with Crippen molar-refractivity contribution in [1.82, 2.24) is 5.32 Å². The summed E-state index contributed by atoms with van der Waals surface area (Å²) in [5, 5.41) is 54.2. The maximum atomic E-state index is 12.9. The highest BCUT2D eigenvalue weighted by molar-refractivity contribution is 5.76. The van der Waals surface area contributed by atoms with Crippen LogP contribution in [0.1, 0.15) is 213 Å². The molecule has 1 amide bonds. The first kappa shape index (κ1) is 54.4. The topological polar surface area (TPSA) is 149 Å². The van der Waals surface area contributed by atoms with Crippen LogP contribution in [0.2, 0.25) is 0 Å². The number of aliphatic hydroxyl groups is 5. The van der Waals surface area contributed by atoms with Gasteiger partial charge in [-0.25, -0.2) is 0 Å². The van der Waals surface area contributed by atoms with E-state index in [1.807, 2.05) is 12.2 Å². The summed E-state index contributed by atoms with van der Waals surface area (Å²) in [6.07, 6.45) is 42.1. The van der Waals surface area contributed by atoms with Crippen LogP contribution in [0, 0.1) is 0 Å². The predicted octanol–water partition coefficient (Wildman–Crippen LogP) is 10.5. The summed E-state index contributed by atoms with van der Waals surface area (Å²) in [6.45, 7) is 3.73. The number of rotatable bonds is 40. The largest absolute Gasteiger partial charge is 0.394 e. The SMILES string of the molecule is CCCCCCCC/C=C\C/C=C\CCC(=O)NC(COC1OC(CO)C(O)C(O)C1O)C(O)/C=C/CCCCCCCCCCCCCCCCCCCCCC. The highest BCUT2D eigenvalue weighted by atomic mass is 16.7. The lowest BCUT2D eigenvalue weighted by Crippen LogP contribution is -2.60. The first-order chi connectivity index (χ1) is 28.3. The number of allylic oxidation sites excluding steroid dienone is 5. The van der Waals surface area contributed by atoms with Crippen LogP contribution in [0.4, 0.5) is 0 Å². The zero-order valence-corrected chi connectivity index (χ0v) is 37.3. The third-order valence-corrected chi connectivity index (χ3v) is 11.5. The van der Waals surface area contributed by atoms with Gasteiger partial charge >= 0.3 is 0 Å². The summed E-state index contributed by atoms with van der Waals surface area (Å²) in [7, 11) is 0. The summed E-state index contributed by atoms with van der Waals surface area (Å²) in [5.41, 5.74) is 0. The molecule has 0 aromatic heterocycles. The molecule has 0 saturated carbocycles. The zero-order valence-electron chi connectivity index (χ0n) is 37.3. The molecule has 1 rings (SSSR count). The van der Waals surface area contributed by atoms with E-state index in [0.717, 1.165) is 32.1 Å². The van der Waals surface area contributed by atoms with Crippen molar-refractivity contribution in [3.63, 3.8) is 0 Å². The van der Waals surface area contributed by atoms with Crippen molar-refractivity contribution in [2.24, 2.45) is 0 Å². The van der Waals surface area contributed by atoms with Gasteiger partial charge in [0.2, 0.25) is 5.91 Å². The van der Waals surface area contributed by atoms with E-state index in [-0.39, 0.29) is 18.9 Å². The Morgan fingerprint density at radius 2 is 1.02 bits per heavy atom. The number of hydrogen-bond donors (Lipinski definition) is 6. The molecule has 7 unspecified atom stereocenters. The standard InChI is InChI=1S/C49H91NO8/c1-3-5-7-9-11-13-15-17-18-19-20-21-22-23-24-25-27-28-30-32-34-36-38-43(52)42(41-57-49-48(56)47(55)46(54)44(40-51)58-49)50-45(53)39-37-35-33-31-29-26-16-14-12-10-8-6-4-2/h26,29,33,35-36,38,42-44,46-49,51-52,54-56H,3-25,27-28,30-32,34,37,39-41H2,1-2H3,(H,50,53)/b29-26-,35-33-,38-36+. The lowest BCUT2D eigenvalue weighted by molar-refractivity contribution is -0.302. The van der Waals surface area contributed by atoms with Gasteiger partial charge in [0.15, 0.2) is 6.29 Å². The molecule has 340 valence electrons. The minimum Gasteiger partial charge on any atom is -0.394 e. The molecule has 0 bridgehead atoms. The Morgan fingerprint density at radius 3 is 1.48 bits per heavy atom. The predicted molar refractivity (Wildman–Crippen MR) is 240 cm³/mol. The van der Waals surface area contributed by atoms with Crippen LogP contribution in [-0.2, 0) is 14.3 Å². The molecule has 1 aliphatic rings. The van der Waals surface area contributed by atoms with Gasteiger partial charge in [-0.3, -0.25) is 4.79 Å². The Balaban J connectivity index is 2.33. The van der Waals surface area contributed by atoms with E-state index < -0.39 is 49.5 Å². The summed E-state index contributed by atoms with van der Waals surface area (Å²) in [4.78, 5) is 12.9. The van der Waals surface area contributed by atoms with Crippen molar-refractivity contribution in [2.45, 2.75) is 256 Å². The molecule has 7 atom stereocenters. The van der Waals surface area contributed by atoms with Crippen LogP contribution in [0.15, 0.2) is 36.5 Å². The second kappa shape index (κ2) is 39.5. The summed E-state index contributed by atoms with van der Waals surface area (Å²) < 4.78 is 11.2. The van der Waals surface area contributed by atoms with Gasteiger partial charge in [-0.15, -0.1) is 0 Å². The molecule has 0 aliphatic carbocycles. The number of carbonyl (C=O) groups is 1. The van der Waals surface area contributed by atoms with Crippen LogP contribution in [0.25, 0.3) is 0 Å². The van der Waals surface area contributed by atoms with Crippen molar-refractivity contribution in [3.05, 3.63) is 36.5 Å². The highest BCUT2D eigenvalue weighted by Crippen LogP contribution is 2.23. The van der Waals surface area contributed by atoms with E-state index in [2.05, 4.69) is 37.4 Å². The second-order valence-electron chi connectivity index (χ2n) is 16.9. The van der Waals surface area contributed by atoms with Gasteiger partial charge in [-0.1, -0.05) is 204 Å². The summed E-state index contributed by atoms with van der Waals surface area (Å²) in [6, 6.07) is -0.833. The van der Waals surface area contributed by atoms with Crippen LogP contribution >= 0.6 is 0 Å². The Bertz CT molecular complexity index is 1000. The van der Waals surface area contributed by atoms with E-state index in [4.69, 9.17) is 9.47 Å². The molecule has 0 radical (unpaired) electrons. The van der Waals surface area contributed by atoms with Gasteiger partial charge in [0.05, 0.1) is 25.4 Å². The minimum absolute atomic E-state index is 0.210. The Hall–Kier alpha value is -1.59. The number of aliphatic hydroxyl groups excluding tert-OH is 5.